The number of H-pyrrole nitrogens is 2. The monoisotopic (exact) mass is 539 g/mol. The molecule has 5 atom stereocenters. The van der Waals surface area contributed by atoms with Gasteiger partial charge in [-0.3, -0.25) is 14.4 Å². The van der Waals surface area contributed by atoms with Crippen LogP contribution < -0.4 is 21.3 Å². The molecule has 0 saturated carbocycles. The van der Waals surface area contributed by atoms with Crippen molar-refractivity contribution in [2.75, 3.05) is 6.54 Å². The van der Waals surface area contributed by atoms with E-state index < -0.39 is 54.0 Å². The number of nitrogens with zero attached hydrogens (tertiary/aromatic N) is 1. The fraction of sp³-hybridized carbons (Fsp3) is 0.423. The van der Waals surface area contributed by atoms with Gasteiger partial charge in [0.15, 0.2) is 0 Å². The highest BCUT2D eigenvalue weighted by Crippen LogP contribution is 2.19. The number of aliphatic carboxylic acids is 1. The first-order chi connectivity index (χ1) is 18.7. The molecule has 1 aliphatic rings. The zero-order chi connectivity index (χ0) is 27.9. The second-order valence-electron chi connectivity index (χ2n) is 9.68. The quantitative estimate of drug-likeness (QED) is 0.148. The Bertz CT molecular complexity index is 1300. The predicted molar refractivity (Wildman–Crippen MR) is 140 cm³/mol. The molecule has 1 aliphatic heterocycles. The van der Waals surface area contributed by atoms with Crippen molar-refractivity contribution in [2.24, 2.45) is 0 Å². The summed E-state index contributed by atoms with van der Waals surface area (Å²) in [5, 5.41) is 31.6. The van der Waals surface area contributed by atoms with E-state index in [9.17, 15) is 29.4 Å². The number of carboxylic acids is 1. The lowest BCUT2D eigenvalue weighted by Gasteiger charge is -2.26. The van der Waals surface area contributed by atoms with Crippen LogP contribution >= 0.6 is 0 Å². The lowest BCUT2D eigenvalue weighted by Crippen LogP contribution is -2.60. The first-order valence-corrected chi connectivity index (χ1v) is 12.8. The van der Waals surface area contributed by atoms with Crippen molar-refractivity contribution >= 4 is 34.6 Å². The minimum absolute atomic E-state index is 0.0105. The van der Waals surface area contributed by atoms with Crippen LogP contribution in [-0.4, -0.2) is 85.7 Å². The molecule has 0 radical (unpaired) electrons. The number of aromatic nitrogens is 3. The number of nitrogens with one attached hydrogen (secondary N) is 6. The molecule has 3 amide bonds. The fourth-order valence-electron chi connectivity index (χ4n) is 4.65. The number of hydrogen-bond donors (Lipinski definition) is 8. The normalized spacial score (nSPS) is 18.2. The summed E-state index contributed by atoms with van der Waals surface area (Å²) in [6, 6.07) is 3.13. The van der Waals surface area contributed by atoms with E-state index in [4.69, 9.17) is 0 Å². The third-order valence-electron chi connectivity index (χ3n) is 6.76. The van der Waals surface area contributed by atoms with E-state index in [-0.39, 0.29) is 12.8 Å². The van der Waals surface area contributed by atoms with E-state index in [1.54, 1.807) is 6.20 Å². The summed E-state index contributed by atoms with van der Waals surface area (Å²) < 4.78 is 0. The van der Waals surface area contributed by atoms with Crippen LogP contribution in [0, 0.1) is 0 Å². The Morgan fingerprint density at radius 3 is 2.49 bits per heavy atom. The maximum atomic E-state index is 13.3. The van der Waals surface area contributed by atoms with Crippen LogP contribution in [-0.2, 0) is 32.0 Å². The third kappa shape index (κ3) is 7.00. The van der Waals surface area contributed by atoms with Crippen LogP contribution in [0.3, 0.4) is 0 Å². The predicted octanol–water partition coefficient (Wildman–Crippen LogP) is -0.652. The fourth-order valence-corrected chi connectivity index (χ4v) is 4.65. The zero-order valence-electron chi connectivity index (χ0n) is 21.4. The van der Waals surface area contributed by atoms with E-state index in [1.807, 2.05) is 24.3 Å². The molecule has 1 saturated heterocycles. The van der Waals surface area contributed by atoms with Crippen LogP contribution in [0.4, 0.5) is 0 Å². The summed E-state index contributed by atoms with van der Waals surface area (Å²) in [5.74, 6) is -3.18. The summed E-state index contributed by atoms with van der Waals surface area (Å²) in [4.78, 5) is 61.1. The van der Waals surface area contributed by atoms with Gasteiger partial charge in [-0.2, -0.15) is 0 Å². The van der Waals surface area contributed by atoms with Crippen molar-refractivity contribution in [2.45, 2.75) is 62.9 Å². The second kappa shape index (κ2) is 12.5. The summed E-state index contributed by atoms with van der Waals surface area (Å²) >= 11 is 0. The Kier molecular flexibility index (Phi) is 8.94. The van der Waals surface area contributed by atoms with Crippen molar-refractivity contribution in [1.29, 1.82) is 0 Å². The van der Waals surface area contributed by atoms with Gasteiger partial charge in [-0.05, 0) is 37.9 Å². The molecule has 0 aliphatic carbocycles. The summed E-state index contributed by atoms with van der Waals surface area (Å²) in [6.07, 6.45) is 4.75. The zero-order valence-corrected chi connectivity index (χ0v) is 21.4. The van der Waals surface area contributed by atoms with Gasteiger partial charge in [-0.25, -0.2) is 9.78 Å². The molecule has 13 nitrogen and oxygen atoms in total. The number of amides is 3. The number of para-hydroxylation sites is 1. The van der Waals surface area contributed by atoms with E-state index in [0.29, 0.717) is 24.2 Å². The molecule has 13 heteroatoms. The minimum atomic E-state index is -1.32. The van der Waals surface area contributed by atoms with Crippen LogP contribution in [0.2, 0.25) is 0 Å². The smallest absolute Gasteiger partial charge is 0.326 e. The summed E-state index contributed by atoms with van der Waals surface area (Å²) in [7, 11) is 0. The van der Waals surface area contributed by atoms with E-state index in [1.165, 1.54) is 19.4 Å². The number of carboxylic acid groups (broad SMARTS) is 1. The third-order valence-corrected chi connectivity index (χ3v) is 6.76. The molecule has 8 N–H and O–H groups in total. The number of fused-ring (bicyclic) bond motifs is 1. The number of aromatic amines is 2. The average molecular weight is 540 g/mol. The number of aliphatic hydroxyl groups excluding tert-OH is 1. The molecule has 1 fully saturated rings. The number of benzene rings is 1. The molecule has 3 heterocycles. The summed E-state index contributed by atoms with van der Waals surface area (Å²) in [5.41, 5.74) is 2.07. The first-order valence-electron chi connectivity index (χ1n) is 12.8. The SMILES string of the molecule is CC(O)C(NC(=O)C1CCCN1)C(=O)NC(Cc1cnc[nH]1)C(=O)NC(Cc1c[nH]c2ccccc12)C(=O)O. The molecular weight excluding hydrogens is 506 g/mol. The van der Waals surface area contributed by atoms with Crippen molar-refractivity contribution < 1.29 is 29.4 Å². The largest absolute Gasteiger partial charge is 0.480 e. The highest BCUT2D eigenvalue weighted by atomic mass is 16.4. The van der Waals surface area contributed by atoms with Crippen LogP contribution in [0.5, 0.6) is 0 Å². The first kappa shape index (κ1) is 27.8. The van der Waals surface area contributed by atoms with E-state index >= 15 is 0 Å². The number of imidazole rings is 1. The van der Waals surface area contributed by atoms with Gasteiger partial charge in [0.2, 0.25) is 17.7 Å². The van der Waals surface area contributed by atoms with Gasteiger partial charge in [-0.1, -0.05) is 18.2 Å². The molecule has 208 valence electrons. The van der Waals surface area contributed by atoms with Gasteiger partial charge in [0, 0.05) is 41.8 Å². The van der Waals surface area contributed by atoms with E-state index in [0.717, 1.165) is 17.3 Å². The highest BCUT2D eigenvalue weighted by molar-refractivity contribution is 5.95. The van der Waals surface area contributed by atoms with Crippen LogP contribution in [0.1, 0.15) is 31.0 Å². The number of carbonyl (C=O) groups excluding carboxylic acids is 3. The Hall–Kier alpha value is -4.23. The molecule has 5 unspecified atom stereocenters. The molecule has 4 rings (SSSR count). The highest BCUT2D eigenvalue weighted by Gasteiger charge is 2.34. The van der Waals surface area contributed by atoms with Crippen molar-refractivity contribution in [3.63, 3.8) is 0 Å². The Morgan fingerprint density at radius 1 is 1.05 bits per heavy atom. The molecule has 0 spiro atoms. The Morgan fingerprint density at radius 2 is 1.82 bits per heavy atom. The van der Waals surface area contributed by atoms with E-state index in [2.05, 4.69) is 36.2 Å². The maximum Gasteiger partial charge on any atom is 0.326 e. The van der Waals surface area contributed by atoms with Gasteiger partial charge in [0.1, 0.15) is 18.1 Å². The second-order valence-corrected chi connectivity index (χ2v) is 9.68. The number of aliphatic hydroxyl groups is 1. The topological polar surface area (TPSA) is 201 Å². The van der Waals surface area contributed by atoms with Gasteiger partial charge < -0.3 is 41.4 Å². The molecule has 1 aromatic carbocycles. The molecular formula is C26H33N7O6. The lowest BCUT2D eigenvalue weighted by atomic mass is 10.0. The lowest BCUT2D eigenvalue weighted by molar-refractivity contribution is -0.142. The van der Waals surface area contributed by atoms with Gasteiger partial charge in [-0.15, -0.1) is 0 Å². The van der Waals surface area contributed by atoms with Gasteiger partial charge in [0.25, 0.3) is 0 Å². The van der Waals surface area contributed by atoms with Crippen LogP contribution in [0.15, 0.2) is 43.0 Å². The van der Waals surface area contributed by atoms with Gasteiger partial charge >= 0.3 is 5.97 Å². The number of carbonyl (C=O) groups is 4. The molecule has 39 heavy (non-hydrogen) atoms. The van der Waals surface area contributed by atoms with Crippen molar-refractivity contribution in [3.05, 3.63) is 54.2 Å². The molecule has 3 aromatic rings. The average Bonchev–Trinajstić information content (AvgIpc) is 3.69. The molecule has 2 aromatic heterocycles. The number of rotatable bonds is 12. The van der Waals surface area contributed by atoms with Crippen LogP contribution in [0.25, 0.3) is 10.9 Å². The standard InChI is InChI=1S/C26H33N7O6/c1-14(34)22(33-23(35)19-7-4-8-28-19)25(37)31-20(10-16-12-27-13-30-16)24(36)32-21(26(38)39)9-15-11-29-18-6-3-2-5-17(15)18/h2-3,5-6,11-14,19-22,28-29,34H,4,7-10H2,1H3,(H,27,30)(H,31,37)(H,32,36)(H,33,35)(H,38,39). The van der Waals surface area contributed by atoms with Crippen molar-refractivity contribution in [1.82, 2.24) is 36.2 Å². The Balaban J connectivity index is 1.49. The Labute approximate surface area is 224 Å². The minimum Gasteiger partial charge on any atom is -0.480 e. The maximum absolute atomic E-state index is 13.3. The number of hydrogen-bond acceptors (Lipinski definition) is 7. The molecule has 0 bridgehead atoms. The van der Waals surface area contributed by atoms with Crippen molar-refractivity contribution in [3.8, 4) is 0 Å². The summed E-state index contributed by atoms with van der Waals surface area (Å²) in [6.45, 7) is 2.04. The van der Waals surface area contributed by atoms with Gasteiger partial charge in [0.05, 0.1) is 18.5 Å².